The fourth-order valence-electron chi connectivity index (χ4n) is 1.55. The van der Waals surface area contributed by atoms with Crippen LogP contribution in [0.4, 0.5) is 5.69 Å². The summed E-state index contributed by atoms with van der Waals surface area (Å²) in [5.41, 5.74) is 6.15. The lowest BCUT2D eigenvalue weighted by Crippen LogP contribution is -2.34. The number of carbonyl (C=O) groups excluding carboxylic acids is 1. The van der Waals surface area contributed by atoms with Crippen LogP contribution >= 0.6 is 0 Å². The summed E-state index contributed by atoms with van der Waals surface area (Å²) in [6, 6.07) is 7.24. The molecule has 1 amide bonds. The molecule has 1 aromatic rings. The first-order chi connectivity index (χ1) is 8.56. The summed E-state index contributed by atoms with van der Waals surface area (Å²) in [6.45, 7) is 6.02. The largest absolute Gasteiger partial charge is 0.491 e. The maximum absolute atomic E-state index is 11.2. The van der Waals surface area contributed by atoms with Gasteiger partial charge in [-0.1, -0.05) is 19.9 Å². The van der Waals surface area contributed by atoms with Crippen LogP contribution in [0, 0.1) is 0 Å². The Morgan fingerprint density at radius 3 is 2.67 bits per heavy atom. The minimum Gasteiger partial charge on any atom is -0.491 e. The Labute approximate surface area is 109 Å². The highest BCUT2D eigenvalue weighted by Gasteiger charge is 2.12. The smallest absolute Gasteiger partial charge is 0.239 e. The normalized spacial score (nSPS) is 13.7. The van der Waals surface area contributed by atoms with E-state index in [4.69, 9.17) is 10.5 Å². The van der Waals surface area contributed by atoms with Crippen molar-refractivity contribution in [2.24, 2.45) is 5.73 Å². The molecule has 0 spiro atoms. The lowest BCUT2D eigenvalue weighted by Gasteiger charge is -2.17. The number of anilines is 1. The van der Waals surface area contributed by atoms with Gasteiger partial charge in [-0.3, -0.25) is 4.79 Å². The van der Waals surface area contributed by atoms with Crippen LogP contribution in [0.25, 0.3) is 0 Å². The summed E-state index contributed by atoms with van der Waals surface area (Å²) >= 11 is 0. The maximum atomic E-state index is 11.2. The monoisotopic (exact) mass is 250 g/mol. The van der Waals surface area contributed by atoms with Crippen molar-refractivity contribution in [3.63, 3.8) is 0 Å². The van der Waals surface area contributed by atoms with Gasteiger partial charge in [0.2, 0.25) is 5.91 Å². The quantitative estimate of drug-likeness (QED) is 0.781. The highest BCUT2D eigenvalue weighted by atomic mass is 16.5. The molecule has 0 bridgehead atoms. The summed E-state index contributed by atoms with van der Waals surface area (Å²) in [4.78, 5) is 11.2. The molecular weight excluding hydrogens is 228 g/mol. The van der Waals surface area contributed by atoms with Gasteiger partial charge in [0.25, 0.3) is 0 Å². The van der Waals surface area contributed by atoms with E-state index in [1.807, 2.05) is 38.1 Å². The van der Waals surface area contributed by atoms with Gasteiger partial charge < -0.3 is 15.8 Å². The molecular formula is C14H22N2O2. The maximum Gasteiger partial charge on any atom is 0.239 e. The molecule has 0 saturated carbocycles. The van der Waals surface area contributed by atoms with E-state index >= 15 is 0 Å². The van der Waals surface area contributed by atoms with Crippen LogP contribution in [0.15, 0.2) is 24.3 Å². The molecule has 0 saturated heterocycles. The number of hydrogen-bond donors (Lipinski definition) is 2. The molecule has 0 aliphatic carbocycles. The predicted molar refractivity (Wildman–Crippen MR) is 73.7 cm³/mol. The molecule has 1 rings (SSSR count). The molecule has 4 nitrogen and oxygen atoms in total. The molecule has 0 heterocycles. The van der Waals surface area contributed by atoms with Crippen LogP contribution < -0.4 is 15.8 Å². The zero-order valence-electron chi connectivity index (χ0n) is 11.3. The Bertz CT molecular complexity index is 393. The first-order valence-electron chi connectivity index (χ1n) is 6.39. The molecule has 100 valence electrons. The van der Waals surface area contributed by atoms with E-state index < -0.39 is 0 Å². The van der Waals surface area contributed by atoms with Gasteiger partial charge in [-0.15, -0.1) is 0 Å². The van der Waals surface area contributed by atoms with Gasteiger partial charge in [0.05, 0.1) is 6.10 Å². The average Bonchev–Trinajstić information content (AvgIpc) is 2.35. The van der Waals surface area contributed by atoms with Crippen LogP contribution in [0.5, 0.6) is 5.75 Å². The minimum atomic E-state index is -0.344. The molecule has 0 aliphatic heterocycles. The van der Waals surface area contributed by atoms with Crippen LogP contribution in [0.2, 0.25) is 0 Å². The van der Waals surface area contributed by atoms with Crippen LogP contribution in [-0.4, -0.2) is 18.1 Å². The molecule has 3 N–H and O–H groups in total. The SMILES string of the molecule is CCC(C)Oc1cccc(NC(CC)C(N)=O)c1. The third-order valence-electron chi connectivity index (χ3n) is 2.84. The van der Waals surface area contributed by atoms with Crippen molar-refractivity contribution in [2.75, 3.05) is 5.32 Å². The number of benzene rings is 1. The summed E-state index contributed by atoms with van der Waals surface area (Å²) < 4.78 is 5.72. The number of rotatable bonds is 7. The second-order valence-electron chi connectivity index (χ2n) is 4.37. The lowest BCUT2D eigenvalue weighted by atomic mass is 10.2. The number of nitrogens with one attached hydrogen (secondary N) is 1. The second-order valence-corrected chi connectivity index (χ2v) is 4.37. The second kappa shape index (κ2) is 6.89. The van der Waals surface area contributed by atoms with E-state index in [0.29, 0.717) is 6.42 Å². The first-order valence-corrected chi connectivity index (χ1v) is 6.39. The van der Waals surface area contributed by atoms with Crippen LogP contribution in [0.3, 0.4) is 0 Å². The molecule has 0 aliphatic rings. The highest BCUT2D eigenvalue weighted by molar-refractivity contribution is 5.82. The van der Waals surface area contributed by atoms with Gasteiger partial charge in [-0.05, 0) is 31.9 Å². The first kappa shape index (κ1) is 14.4. The summed E-state index contributed by atoms with van der Waals surface area (Å²) in [6.07, 6.45) is 1.79. The molecule has 1 aromatic carbocycles. The molecule has 18 heavy (non-hydrogen) atoms. The van der Waals surface area contributed by atoms with Crippen LogP contribution in [0.1, 0.15) is 33.6 Å². The summed E-state index contributed by atoms with van der Waals surface area (Å²) in [5.74, 6) is 0.458. The number of primary amides is 1. The molecule has 0 radical (unpaired) electrons. The standard InChI is InChI=1S/C14H22N2O2/c1-4-10(3)18-12-8-6-7-11(9-12)16-13(5-2)14(15)17/h6-10,13,16H,4-5H2,1-3H3,(H2,15,17). The number of amides is 1. The molecule has 4 heteroatoms. The topological polar surface area (TPSA) is 64.3 Å². The zero-order valence-corrected chi connectivity index (χ0v) is 11.3. The van der Waals surface area contributed by atoms with Gasteiger partial charge in [-0.2, -0.15) is 0 Å². The van der Waals surface area contributed by atoms with Crippen molar-refractivity contribution in [3.8, 4) is 5.75 Å². The highest BCUT2D eigenvalue weighted by Crippen LogP contribution is 2.20. The number of ether oxygens (including phenoxy) is 1. The van der Waals surface area contributed by atoms with E-state index in [-0.39, 0.29) is 18.1 Å². The van der Waals surface area contributed by atoms with E-state index in [0.717, 1.165) is 17.9 Å². The molecule has 0 aromatic heterocycles. The van der Waals surface area contributed by atoms with Crippen molar-refractivity contribution >= 4 is 11.6 Å². The van der Waals surface area contributed by atoms with Gasteiger partial charge >= 0.3 is 0 Å². The van der Waals surface area contributed by atoms with Gasteiger partial charge in [0.1, 0.15) is 11.8 Å². The zero-order chi connectivity index (χ0) is 13.5. The van der Waals surface area contributed by atoms with Crippen molar-refractivity contribution in [1.82, 2.24) is 0 Å². The fraction of sp³-hybridized carbons (Fsp3) is 0.500. The average molecular weight is 250 g/mol. The third-order valence-corrected chi connectivity index (χ3v) is 2.84. The number of carbonyl (C=O) groups is 1. The van der Waals surface area contributed by atoms with E-state index in [9.17, 15) is 4.79 Å². The lowest BCUT2D eigenvalue weighted by molar-refractivity contribution is -0.118. The summed E-state index contributed by atoms with van der Waals surface area (Å²) in [7, 11) is 0. The Morgan fingerprint density at radius 2 is 2.11 bits per heavy atom. The Balaban J connectivity index is 2.72. The van der Waals surface area contributed by atoms with Crippen molar-refractivity contribution in [1.29, 1.82) is 0 Å². The van der Waals surface area contributed by atoms with E-state index in [2.05, 4.69) is 12.2 Å². The number of nitrogens with two attached hydrogens (primary N) is 1. The van der Waals surface area contributed by atoms with E-state index in [1.54, 1.807) is 0 Å². The number of hydrogen-bond acceptors (Lipinski definition) is 3. The summed E-state index contributed by atoms with van der Waals surface area (Å²) in [5, 5.41) is 3.11. The Hall–Kier alpha value is -1.71. The van der Waals surface area contributed by atoms with Gasteiger partial charge in [0, 0.05) is 11.8 Å². The molecule has 2 unspecified atom stereocenters. The third kappa shape index (κ3) is 4.28. The predicted octanol–water partition coefficient (Wildman–Crippen LogP) is 2.54. The van der Waals surface area contributed by atoms with Gasteiger partial charge in [0.15, 0.2) is 0 Å². The Kier molecular flexibility index (Phi) is 5.49. The van der Waals surface area contributed by atoms with Crippen molar-refractivity contribution < 1.29 is 9.53 Å². The van der Waals surface area contributed by atoms with Crippen LogP contribution in [-0.2, 0) is 4.79 Å². The van der Waals surface area contributed by atoms with Crippen molar-refractivity contribution in [2.45, 2.75) is 45.8 Å². The molecule has 0 fully saturated rings. The minimum absolute atomic E-state index is 0.179. The molecule has 2 atom stereocenters. The fourth-order valence-corrected chi connectivity index (χ4v) is 1.55. The Morgan fingerprint density at radius 1 is 1.39 bits per heavy atom. The van der Waals surface area contributed by atoms with Crippen molar-refractivity contribution in [3.05, 3.63) is 24.3 Å². The van der Waals surface area contributed by atoms with Gasteiger partial charge in [-0.25, -0.2) is 0 Å². The van der Waals surface area contributed by atoms with E-state index in [1.165, 1.54) is 0 Å².